The molecule has 32 heavy (non-hydrogen) atoms. The number of benzene rings is 1. The Hall–Kier alpha value is -2.48. The molecule has 0 bridgehead atoms. The molecule has 0 aromatic heterocycles. The number of nitrogens with zero attached hydrogens (tertiary/aromatic N) is 2. The lowest BCUT2D eigenvalue weighted by molar-refractivity contribution is 0.0448. The average molecular weight is 448 g/mol. The van der Waals surface area contributed by atoms with Crippen molar-refractivity contribution in [2.24, 2.45) is 4.99 Å². The highest BCUT2D eigenvalue weighted by molar-refractivity contribution is 5.80. The summed E-state index contributed by atoms with van der Waals surface area (Å²) in [6.07, 6.45) is 1.14. The molecule has 8 nitrogen and oxygen atoms in total. The molecule has 3 N–H and O–H groups in total. The van der Waals surface area contributed by atoms with Crippen LogP contribution in [0.15, 0.2) is 29.3 Å². The van der Waals surface area contributed by atoms with Crippen LogP contribution in [0.3, 0.4) is 0 Å². The van der Waals surface area contributed by atoms with Crippen molar-refractivity contribution in [2.45, 2.75) is 65.1 Å². The van der Waals surface area contributed by atoms with Crippen molar-refractivity contribution in [1.82, 2.24) is 16.0 Å². The molecule has 2 rings (SSSR count). The van der Waals surface area contributed by atoms with E-state index in [1.807, 2.05) is 20.8 Å². The first-order valence-electron chi connectivity index (χ1n) is 11.6. The quantitative estimate of drug-likeness (QED) is 0.419. The maximum Gasteiger partial charge on any atom is 0.408 e. The number of nitrogens with one attached hydrogen (secondary N) is 3. The van der Waals surface area contributed by atoms with Gasteiger partial charge < -0.3 is 30.3 Å². The van der Waals surface area contributed by atoms with Crippen molar-refractivity contribution in [3.8, 4) is 0 Å². The SMILES string of the molecule is CCC(CC)(CNC(=NC)NCc1ccccc1N1CCOCC1)NC(=O)OC(C)(C)C. The Kier molecular flexibility index (Phi) is 9.62. The van der Waals surface area contributed by atoms with Crippen molar-refractivity contribution in [2.75, 3.05) is 44.8 Å². The van der Waals surface area contributed by atoms with Crippen molar-refractivity contribution in [3.63, 3.8) is 0 Å². The normalized spacial score (nSPS) is 15.3. The number of carbonyl (C=O) groups excluding carboxylic acids is 1. The molecule has 0 aliphatic carbocycles. The lowest BCUT2D eigenvalue weighted by atomic mass is 9.93. The van der Waals surface area contributed by atoms with Gasteiger partial charge in [0.05, 0.1) is 18.8 Å². The van der Waals surface area contributed by atoms with Gasteiger partial charge in [-0.3, -0.25) is 4.99 Å². The van der Waals surface area contributed by atoms with E-state index < -0.39 is 17.2 Å². The van der Waals surface area contributed by atoms with Crippen molar-refractivity contribution >= 4 is 17.7 Å². The third kappa shape index (κ3) is 7.89. The van der Waals surface area contributed by atoms with Crippen LogP contribution in [-0.2, 0) is 16.0 Å². The highest BCUT2D eigenvalue weighted by atomic mass is 16.6. The van der Waals surface area contributed by atoms with Gasteiger partial charge in [-0.15, -0.1) is 0 Å². The molecule has 1 amide bonds. The summed E-state index contributed by atoms with van der Waals surface area (Å²) in [4.78, 5) is 19.1. The number of anilines is 1. The standard InChI is InChI=1S/C24H41N5O3/c1-7-24(8-2,28-22(30)32-23(3,4)5)18-27-21(25-6)26-17-19-11-9-10-12-20(19)29-13-15-31-16-14-29/h9-12H,7-8,13-18H2,1-6H3,(H,28,30)(H2,25,26,27). The summed E-state index contributed by atoms with van der Waals surface area (Å²) in [5.41, 5.74) is 1.48. The third-order valence-corrected chi connectivity index (χ3v) is 5.73. The minimum Gasteiger partial charge on any atom is -0.444 e. The van der Waals surface area contributed by atoms with Crippen LogP contribution >= 0.6 is 0 Å². The predicted molar refractivity (Wildman–Crippen MR) is 130 cm³/mol. The summed E-state index contributed by atoms with van der Waals surface area (Å²) in [5.74, 6) is 0.694. The minimum absolute atomic E-state index is 0.398. The van der Waals surface area contributed by atoms with Crippen LogP contribution in [0.4, 0.5) is 10.5 Å². The number of guanidine groups is 1. The molecule has 1 saturated heterocycles. The molecule has 1 aliphatic rings. The van der Waals surface area contributed by atoms with Gasteiger partial charge in [-0.25, -0.2) is 4.79 Å². The van der Waals surface area contributed by atoms with Gasteiger partial charge in [-0.2, -0.15) is 0 Å². The van der Waals surface area contributed by atoms with Gasteiger partial charge in [0.2, 0.25) is 0 Å². The number of morpholine rings is 1. The number of hydrogen-bond donors (Lipinski definition) is 3. The highest BCUT2D eigenvalue weighted by Crippen LogP contribution is 2.21. The Bertz CT molecular complexity index is 750. The molecule has 0 unspecified atom stereocenters. The smallest absolute Gasteiger partial charge is 0.408 e. The second-order valence-electron chi connectivity index (χ2n) is 9.12. The van der Waals surface area contributed by atoms with Gasteiger partial charge in [0, 0.05) is 38.9 Å². The molecule has 0 atom stereocenters. The number of aliphatic imine (C=N–C) groups is 1. The summed E-state index contributed by atoms with van der Waals surface area (Å²) >= 11 is 0. The van der Waals surface area contributed by atoms with Gasteiger partial charge >= 0.3 is 6.09 Å². The summed E-state index contributed by atoms with van der Waals surface area (Å²) in [5, 5.41) is 9.87. The van der Waals surface area contributed by atoms with Crippen LogP contribution in [0.25, 0.3) is 0 Å². The van der Waals surface area contributed by atoms with E-state index in [0.29, 0.717) is 19.0 Å². The van der Waals surface area contributed by atoms with Crippen LogP contribution in [0.1, 0.15) is 53.0 Å². The number of hydrogen-bond acceptors (Lipinski definition) is 5. The number of amides is 1. The van der Waals surface area contributed by atoms with Crippen LogP contribution in [0.5, 0.6) is 0 Å². The maximum atomic E-state index is 12.4. The zero-order chi connectivity index (χ0) is 23.6. The monoisotopic (exact) mass is 447 g/mol. The zero-order valence-corrected chi connectivity index (χ0v) is 20.6. The van der Waals surface area contributed by atoms with Crippen LogP contribution in [0, 0.1) is 0 Å². The number of para-hydroxylation sites is 1. The van der Waals surface area contributed by atoms with Gasteiger partial charge in [0.15, 0.2) is 5.96 Å². The Morgan fingerprint density at radius 2 is 1.78 bits per heavy atom. The fraction of sp³-hybridized carbons (Fsp3) is 0.667. The van der Waals surface area contributed by atoms with Crippen LogP contribution in [-0.4, -0.2) is 63.1 Å². The average Bonchev–Trinajstić information content (AvgIpc) is 2.78. The molecule has 0 radical (unpaired) electrons. The summed E-state index contributed by atoms with van der Waals surface area (Å²) < 4.78 is 11.0. The first-order chi connectivity index (χ1) is 15.2. The molecule has 1 heterocycles. The number of alkyl carbamates (subject to hydrolysis) is 1. The number of rotatable bonds is 8. The van der Waals surface area contributed by atoms with E-state index in [1.165, 1.54) is 11.3 Å². The fourth-order valence-electron chi connectivity index (χ4n) is 3.67. The molecular formula is C24H41N5O3. The van der Waals surface area contributed by atoms with E-state index in [2.05, 4.69) is 64.0 Å². The summed E-state index contributed by atoms with van der Waals surface area (Å²) in [6.45, 7) is 14.2. The molecule has 1 fully saturated rings. The number of carbonyl (C=O) groups is 1. The Morgan fingerprint density at radius 3 is 2.38 bits per heavy atom. The topological polar surface area (TPSA) is 87.2 Å². The van der Waals surface area contributed by atoms with E-state index in [9.17, 15) is 4.79 Å². The summed E-state index contributed by atoms with van der Waals surface area (Å²) in [6, 6.07) is 8.42. The highest BCUT2D eigenvalue weighted by Gasteiger charge is 2.30. The predicted octanol–water partition coefficient (Wildman–Crippen LogP) is 3.27. The lowest BCUT2D eigenvalue weighted by Crippen LogP contribution is -2.57. The van der Waals surface area contributed by atoms with E-state index >= 15 is 0 Å². The van der Waals surface area contributed by atoms with Crippen LogP contribution < -0.4 is 20.9 Å². The minimum atomic E-state index is -0.532. The number of ether oxygens (including phenoxy) is 2. The Labute approximate surface area is 193 Å². The molecular weight excluding hydrogens is 406 g/mol. The van der Waals surface area contributed by atoms with Crippen molar-refractivity contribution in [1.29, 1.82) is 0 Å². The first-order valence-corrected chi connectivity index (χ1v) is 11.6. The second kappa shape index (κ2) is 11.9. The summed E-state index contributed by atoms with van der Waals surface area (Å²) in [7, 11) is 1.75. The van der Waals surface area contributed by atoms with Crippen LogP contribution in [0.2, 0.25) is 0 Å². The molecule has 180 valence electrons. The van der Waals surface area contributed by atoms with Crippen molar-refractivity contribution in [3.05, 3.63) is 29.8 Å². The largest absolute Gasteiger partial charge is 0.444 e. The second-order valence-corrected chi connectivity index (χ2v) is 9.12. The van der Waals surface area contributed by atoms with E-state index in [1.54, 1.807) is 7.05 Å². The third-order valence-electron chi connectivity index (χ3n) is 5.73. The van der Waals surface area contributed by atoms with Crippen molar-refractivity contribution < 1.29 is 14.3 Å². The Balaban J connectivity index is 1.98. The Morgan fingerprint density at radius 1 is 1.12 bits per heavy atom. The fourth-order valence-corrected chi connectivity index (χ4v) is 3.67. The van der Waals surface area contributed by atoms with Gasteiger partial charge in [0.25, 0.3) is 0 Å². The molecule has 1 aliphatic heterocycles. The molecule has 0 spiro atoms. The van der Waals surface area contributed by atoms with Gasteiger partial charge in [0.1, 0.15) is 5.60 Å². The van der Waals surface area contributed by atoms with E-state index in [0.717, 1.165) is 39.1 Å². The van der Waals surface area contributed by atoms with Gasteiger partial charge in [-0.1, -0.05) is 32.0 Å². The first kappa shape index (κ1) is 25.8. The van der Waals surface area contributed by atoms with E-state index in [-0.39, 0.29) is 0 Å². The van der Waals surface area contributed by atoms with Gasteiger partial charge in [-0.05, 0) is 45.2 Å². The molecule has 1 aromatic carbocycles. The van der Waals surface area contributed by atoms with E-state index in [4.69, 9.17) is 9.47 Å². The molecule has 0 saturated carbocycles. The zero-order valence-electron chi connectivity index (χ0n) is 20.6. The molecule has 1 aromatic rings. The lowest BCUT2D eigenvalue weighted by Gasteiger charge is -2.34. The molecule has 8 heteroatoms. The maximum absolute atomic E-state index is 12.4.